The zero-order valence-corrected chi connectivity index (χ0v) is 10.4. The summed E-state index contributed by atoms with van der Waals surface area (Å²) in [5, 5.41) is 18.3. The monoisotopic (exact) mass is 269 g/mol. The average molecular weight is 269 g/mol. The van der Waals surface area contributed by atoms with Gasteiger partial charge in [-0.2, -0.15) is 5.10 Å². The zero-order chi connectivity index (χ0) is 14.4. The lowest BCUT2D eigenvalue weighted by Crippen LogP contribution is -2.14. The van der Waals surface area contributed by atoms with E-state index in [1.807, 2.05) is 0 Å². The number of benzene rings is 1. The first-order chi connectivity index (χ1) is 9.68. The predicted octanol–water partition coefficient (Wildman–Crippen LogP) is 1.73. The molecule has 0 amide bonds. The zero-order valence-electron chi connectivity index (χ0n) is 10.4. The van der Waals surface area contributed by atoms with Gasteiger partial charge in [0.15, 0.2) is 5.84 Å². The molecule has 100 valence electrons. The number of aromatic nitrogens is 1. The van der Waals surface area contributed by atoms with Gasteiger partial charge in [0.25, 0.3) is 5.69 Å². The Morgan fingerprint density at radius 2 is 2.00 bits per heavy atom. The van der Waals surface area contributed by atoms with Gasteiger partial charge in [-0.15, -0.1) is 5.10 Å². The van der Waals surface area contributed by atoms with Crippen LogP contribution in [-0.2, 0) is 0 Å². The Hall–Kier alpha value is -3.09. The first kappa shape index (κ1) is 13.3. The maximum Gasteiger partial charge on any atom is 0.278 e. The third-order valence-electron chi connectivity index (χ3n) is 2.42. The molecule has 0 aliphatic rings. The smallest absolute Gasteiger partial charge is 0.278 e. The minimum absolute atomic E-state index is 0.0390. The van der Waals surface area contributed by atoms with Crippen molar-refractivity contribution < 1.29 is 4.92 Å². The van der Waals surface area contributed by atoms with Gasteiger partial charge in [0, 0.05) is 12.3 Å². The number of hydrogen-bond donors (Lipinski definition) is 1. The average Bonchev–Trinajstić information content (AvgIpc) is 2.48. The van der Waals surface area contributed by atoms with Gasteiger partial charge in [0.05, 0.1) is 16.7 Å². The fraction of sp³-hybridized carbons (Fsp3) is 0. The van der Waals surface area contributed by atoms with Crippen LogP contribution in [0.25, 0.3) is 0 Å². The summed E-state index contributed by atoms with van der Waals surface area (Å²) < 4.78 is 0. The third-order valence-corrected chi connectivity index (χ3v) is 2.42. The van der Waals surface area contributed by atoms with Gasteiger partial charge >= 0.3 is 0 Å². The highest BCUT2D eigenvalue weighted by molar-refractivity contribution is 5.96. The van der Waals surface area contributed by atoms with Crippen molar-refractivity contribution in [1.82, 2.24) is 4.98 Å². The molecule has 0 saturated heterocycles. The maximum absolute atomic E-state index is 10.8. The normalized spacial score (nSPS) is 11.7. The minimum Gasteiger partial charge on any atom is -0.380 e. The van der Waals surface area contributed by atoms with E-state index < -0.39 is 4.92 Å². The highest BCUT2D eigenvalue weighted by Gasteiger charge is 2.09. The van der Waals surface area contributed by atoms with Crippen LogP contribution in [0.2, 0.25) is 0 Å². The molecule has 0 saturated carbocycles. The maximum atomic E-state index is 10.8. The highest BCUT2D eigenvalue weighted by Crippen LogP contribution is 2.15. The van der Waals surface area contributed by atoms with Crippen LogP contribution in [0.3, 0.4) is 0 Å². The number of nitrogens with zero attached hydrogens (tertiary/aromatic N) is 4. The molecule has 0 atom stereocenters. The molecule has 7 nitrogen and oxygen atoms in total. The van der Waals surface area contributed by atoms with Crippen molar-refractivity contribution in [3.8, 4) is 0 Å². The number of nitrogens with two attached hydrogens (primary N) is 1. The summed E-state index contributed by atoms with van der Waals surface area (Å²) in [6.07, 6.45) is 2.87. The molecule has 0 radical (unpaired) electrons. The van der Waals surface area contributed by atoms with Crippen molar-refractivity contribution in [3.63, 3.8) is 0 Å². The standard InChI is InChI=1S/C13H11N5O2/c14-13(11-6-3-4-8-15-11)17-16-9-10-5-1-2-7-12(10)18(19)20/h1-9H,(H2,14,17). The van der Waals surface area contributed by atoms with E-state index in [0.29, 0.717) is 11.3 Å². The lowest BCUT2D eigenvalue weighted by Gasteiger charge is -1.96. The second-order valence-electron chi connectivity index (χ2n) is 3.76. The van der Waals surface area contributed by atoms with Gasteiger partial charge in [-0.05, 0) is 18.2 Å². The Balaban J connectivity index is 2.21. The van der Waals surface area contributed by atoms with Crippen LogP contribution < -0.4 is 5.73 Å². The van der Waals surface area contributed by atoms with Crippen LogP contribution in [0.1, 0.15) is 11.3 Å². The molecule has 0 spiro atoms. The SMILES string of the molecule is NC(=NN=Cc1ccccc1[N+](=O)[O-])c1ccccn1. The molecule has 7 heteroatoms. The van der Waals surface area contributed by atoms with E-state index in [1.54, 1.807) is 42.6 Å². The number of hydrogen-bond acceptors (Lipinski definition) is 5. The molecular formula is C13H11N5O2. The van der Waals surface area contributed by atoms with Crippen LogP contribution in [0.4, 0.5) is 5.69 Å². The Morgan fingerprint density at radius 3 is 2.70 bits per heavy atom. The summed E-state index contributed by atoms with van der Waals surface area (Å²) in [4.78, 5) is 14.3. The Bertz CT molecular complexity index is 667. The van der Waals surface area contributed by atoms with E-state index in [0.717, 1.165) is 0 Å². The van der Waals surface area contributed by atoms with Gasteiger partial charge in [0.1, 0.15) is 5.69 Å². The molecule has 0 aliphatic carbocycles. The number of nitro groups is 1. The molecular weight excluding hydrogens is 258 g/mol. The van der Waals surface area contributed by atoms with E-state index >= 15 is 0 Å². The molecule has 0 unspecified atom stereocenters. The quantitative estimate of drug-likeness (QED) is 0.394. The van der Waals surface area contributed by atoms with Crippen molar-refractivity contribution in [2.45, 2.75) is 0 Å². The Labute approximate surface area is 114 Å². The largest absolute Gasteiger partial charge is 0.380 e. The minimum atomic E-state index is -0.479. The summed E-state index contributed by atoms with van der Waals surface area (Å²) in [6.45, 7) is 0. The van der Waals surface area contributed by atoms with Crippen LogP contribution in [0.15, 0.2) is 58.9 Å². The van der Waals surface area contributed by atoms with E-state index in [1.165, 1.54) is 12.3 Å². The second kappa shape index (κ2) is 6.19. The van der Waals surface area contributed by atoms with E-state index in [4.69, 9.17) is 5.73 Å². The molecule has 2 N–H and O–H groups in total. The summed E-state index contributed by atoms with van der Waals surface area (Å²) in [7, 11) is 0. The molecule has 2 rings (SSSR count). The van der Waals surface area contributed by atoms with Crippen LogP contribution in [0, 0.1) is 10.1 Å². The molecule has 0 aliphatic heterocycles. The van der Waals surface area contributed by atoms with Crippen LogP contribution >= 0.6 is 0 Å². The van der Waals surface area contributed by atoms with Gasteiger partial charge in [-0.1, -0.05) is 18.2 Å². The third kappa shape index (κ3) is 3.22. The van der Waals surface area contributed by atoms with Gasteiger partial charge in [0.2, 0.25) is 0 Å². The molecule has 0 bridgehead atoms. The summed E-state index contributed by atoms with van der Waals surface area (Å²) in [5.74, 6) is 0.139. The number of pyridine rings is 1. The van der Waals surface area contributed by atoms with Gasteiger partial charge < -0.3 is 5.73 Å². The van der Waals surface area contributed by atoms with Crippen molar-refractivity contribution >= 4 is 17.7 Å². The number of rotatable bonds is 4. The van der Waals surface area contributed by atoms with E-state index in [9.17, 15) is 10.1 Å². The molecule has 1 aromatic carbocycles. The summed E-state index contributed by atoms with van der Waals surface area (Å²) >= 11 is 0. The first-order valence-electron chi connectivity index (χ1n) is 5.70. The fourth-order valence-corrected chi connectivity index (χ4v) is 1.48. The second-order valence-corrected chi connectivity index (χ2v) is 3.76. The van der Waals surface area contributed by atoms with Crippen molar-refractivity contribution in [3.05, 3.63) is 70.0 Å². The molecule has 2 aromatic rings. The lowest BCUT2D eigenvalue weighted by atomic mass is 10.2. The van der Waals surface area contributed by atoms with E-state index in [-0.39, 0.29) is 11.5 Å². The molecule has 1 aromatic heterocycles. The predicted molar refractivity (Wildman–Crippen MR) is 75.7 cm³/mol. The number of para-hydroxylation sites is 1. The van der Waals surface area contributed by atoms with Crippen molar-refractivity contribution in [2.24, 2.45) is 15.9 Å². The number of amidine groups is 1. The molecule has 1 heterocycles. The molecule has 0 fully saturated rings. The Kier molecular flexibility index (Phi) is 4.13. The van der Waals surface area contributed by atoms with Crippen LogP contribution in [-0.4, -0.2) is 22.0 Å². The molecule has 20 heavy (non-hydrogen) atoms. The van der Waals surface area contributed by atoms with Crippen molar-refractivity contribution in [2.75, 3.05) is 0 Å². The summed E-state index contributed by atoms with van der Waals surface area (Å²) in [5.41, 5.74) is 6.51. The highest BCUT2D eigenvalue weighted by atomic mass is 16.6. The van der Waals surface area contributed by atoms with Gasteiger partial charge in [-0.3, -0.25) is 15.1 Å². The van der Waals surface area contributed by atoms with Crippen LogP contribution in [0.5, 0.6) is 0 Å². The summed E-state index contributed by atoms with van der Waals surface area (Å²) in [6, 6.07) is 11.5. The van der Waals surface area contributed by atoms with E-state index in [2.05, 4.69) is 15.2 Å². The fourth-order valence-electron chi connectivity index (χ4n) is 1.48. The number of nitro benzene ring substituents is 1. The van der Waals surface area contributed by atoms with Gasteiger partial charge in [-0.25, -0.2) is 0 Å². The lowest BCUT2D eigenvalue weighted by molar-refractivity contribution is -0.385. The Morgan fingerprint density at radius 1 is 1.25 bits per heavy atom. The van der Waals surface area contributed by atoms with Crippen molar-refractivity contribution in [1.29, 1.82) is 0 Å². The first-order valence-corrected chi connectivity index (χ1v) is 5.70. The topological polar surface area (TPSA) is 107 Å².